The van der Waals surface area contributed by atoms with Crippen LogP contribution in [0.5, 0.6) is 0 Å². The SMILES string of the molecule is CC(C)c1csc(NC(=O)CCCN2C(=O)NC(C)(C)C2=O)n1. The van der Waals surface area contributed by atoms with E-state index in [9.17, 15) is 14.4 Å². The Morgan fingerprint density at radius 3 is 2.65 bits per heavy atom. The average Bonchev–Trinajstić information content (AvgIpc) is 2.97. The van der Waals surface area contributed by atoms with E-state index in [0.717, 1.165) is 10.6 Å². The second-order valence-electron chi connectivity index (χ2n) is 6.40. The lowest BCUT2D eigenvalue weighted by molar-refractivity contribution is -0.130. The molecule has 1 aromatic rings. The molecule has 2 heterocycles. The summed E-state index contributed by atoms with van der Waals surface area (Å²) in [4.78, 5) is 41.1. The summed E-state index contributed by atoms with van der Waals surface area (Å²) in [6, 6.07) is -0.401. The smallest absolute Gasteiger partial charge is 0.324 e. The molecule has 0 bridgehead atoms. The van der Waals surface area contributed by atoms with Crippen LogP contribution in [0.3, 0.4) is 0 Å². The van der Waals surface area contributed by atoms with E-state index in [4.69, 9.17) is 0 Å². The van der Waals surface area contributed by atoms with Gasteiger partial charge in [-0.05, 0) is 26.2 Å². The van der Waals surface area contributed by atoms with Crippen LogP contribution in [0.4, 0.5) is 9.93 Å². The van der Waals surface area contributed by atoms with Crippen LogP contribution < -0.4 is 10.6 Å². The molecule has 0 spiro atoms. The summed E-state index contributed by atoms with van der Waals surface area (Å²) in [6.45, 7) is 7.64. The fourth-order valence-electron chi connectivity index (χ4n) is 2.21. The minimum Gasteiger partial charge on any atom is -0.324 e. The van der Waals surface area contributed by atoms with Gasteiger partial charge in [0.2, 0.25) is 5.91 Å². The molecule has 1 aliphatic rings. The van der Waals surface area contributed by atoms with Crippen LogP contribution in [-0.4, -0.2) is 39.8 Å². The van der Waals surface area contributed by atoms with Crippen molar-refractivity contribution in [3.8, 4) is 0 Å². The zero-order valence-electron chi connectivity index (χ0n) is 13.8. The van der Waals surface area contributed by atoms with Crippen molar-refractivity contribution in [3.63, 3.8) is 0 Å². The highest BCUT2D eigenvalue weighted by molar-refractivity contribution is 7.13. The van der Waals surface area contributed by atoms with Crippen LogP contribution in [0, 0.1) is 0 Å². The molecule has 1 aromatic heterocycles. The summed E-state index contributed by atoms with van der Waals surface area (Å²) < 4.78 is 0. The largest absolute Gasteiger partial charge is 0.325 e. The lowest BCUT2D eigenvalue weighted by atomic mass is 10.1. The van der Waals surface area contributed by atoms with Crippen molar-refractivity contribution in [2.45, 2.75) is 52.0 Å². The molecule has 0 saturated carbocycles. The molecule has 1 fully saturated rings. The molecular weight excluding hydrogens is 316 g/mol. The van der Waals surface area contributed by atoms with Crippen LogP contribution in [-0.2, 0) is 9.59 Å². The predicted octanol–water partition coefficient (Wildman–Crippen LogP) is 2.32. The molecule has 0 aromatic carbocycles. The number of urea groups is 1. The first kappa shape index (κ1) is 17.4. The molecule has 1 saturated heterocycles. The van der Waals surface area contributed by atoms with Crippen LogP contribution >= 0.6 is 11.3 Å². The number of aromatic nitrogens is 1. The molecule has 0 aliphatic carbocycles. The predicted molar refractivity (Wildman–Crippen MR) is 88.4 cm³/mol. The Kier molecular flexibility index (Phi) is 5.03. The van der Waals surface area contributed by atoms with E-state index in [1.807, 2.05) is 19.2 Å². The van der Waals surface area contributed by atoms with E-state index in [1.54, 1.807) is 13.8 Å². The third-order valence-corrected chi connectivity index (χ3v) is 4.37. The van der Waals surface area contributed by atoms with Crippen molar-refractivity contribution in [2.24, 2.45) is 0 Å². The number of imide groups is 1. The van der Waals surface area contributed by atoms with Gasteiger partial charge in [-0.2, -0.15) is 0 Å². The molecule has 0 unspecified atom stereocenters. The Balaban J connectivity index is 1.79. The average molecular weight is 338 g/mol. The topological polar surface area (TPSA) is 91.4 Å². The zero-order valence-corrected chi connectivity index (χ0v) is 14.6. The summed E-state index contributed by atoms with van der Waals surface area (Å²) in [5.41, 5.74) is 0.0832. The number of hydrogen-bond donors (Lipinski definition) is 2. The summed E-state index contributed by atoms with van der Waals surface area (Å²) in [5, 5.41) is 7.86. The highest BCUT2D eigenvalue weighted by Crippen LogP contribution is 2.22. The molecule has 7 nitrogen and oxygen atoms in total. The van der Waals surface area contributed by atoms with Gasteiger partial charge in [0, 0.05) is 18.3 Å². The van der Waals surface area contributed by atoms with E-state index in [0.29, 0.717) is 17.5 Å². The molecule has 0 radical (unpaired) electrons. The van der Waals surface area contributed by atoms with E-state index in [-0.39, 0.29) is 24.8 Å². The van der Waals surface area contributed by atoms with Crippen LogP contribution in [0.2, 0.25) is 0 Å². The monoisotopic (exact) mass is 338 g/mol. The fourth-order valence-corrected chi connectivity index (χ4v) is 3.10. The maximum absolute atomic E-state index is 12.0. The highest BCUT2D eigenvalue weighted by Gasteiger charge is 2.43. The van der Waals surface area contributed by atoms with Crippen LogP contribution in [0.25, 0.3) is 0 Å². The molecule has 2 rings (SSSR count). The van der Waals surface area contributed by atoms with Gasteiger partial charge < -0.3 is 10.6 Å². The summed E-state index contributed by atoms with van der Waals surface area (Å²) in [6.07, 6.45) is 0.650. The molecular formula is C15H22N4O3S. The second-order valence-corrected chi connectivity index (χ2v) is 7.25. The molecule has 126 valence electrons. The molecule has 4 amide bonds. The van der Waals surface area contributed by atoms with Crippen LogP contribution in [0.15, 0.2) is 5.38 Å². The van der Waals surface area contributed by atoms with Gasteiger partial charge in [-0.1, -0.05) is 13.8 Å². The summed E-state index contributed by atoms with van der Waals surface area (Å²) >= 11 is 1.39. The Bertz CT molecular complexity index is 624. The van der Waals surface area contributed by atoms with Crippen molar-refractivity contribution < 1.29 is 14.4 Å². The quantitative estimate of drug-likeness (QED) is 0.779. The first-order chi connectivity index (χ1) is 10.7. The number of nitrogens with one attached hydrogen (secondary N) is 2. The Morgan fingerprint density at radius 2 is 2.13 bits per heavy atom. The maximum Gasteiger partial charge on any atom is 0.325 e. The van der Waals surface area contributed by atoms with Crippen LogP contribution in [0.1, 0.15) is 52.1 Å². The van der Waals surface area contributed by atoms with Crippen molar-refractivity contribution in [3.05, 3.63) is 11.1 Å². The number of amides is 4. The first-order valence-electron chi connectivity index (χ1n) is 7.60. The van der Waals surface area contributed by atoms with Crippen molar-refractivity contribution in [1.29, 1.82) is 0 Å². The van der Waals surface area contributed by atoms with E-state index in [1.165, 1.54) is 11.3 Å². The van der Waals surface area contributed by atoms with E-state index < -0.39 is 11.6 Å². The Hall–Kier alpha value is -1.96. The summed E-state index contributed by atoms with van der Waals surface area (Å²) in [5.74, 6) is -0.106. The third-order valence-electron chi connectivity index (χ3n) is 3.59. The Morgan fingerprint density at radius 1 is 1.43 bits per heavy atom. The maximum atomic E-state index is 12.0. The lowest BCUT2D eigenvalue weighted by Crippen LogP contribution is -2.40. The number of carbonyl (C=O) groups is 3. The van der Waals surface area contributed by atoms with E-state index in [2.05, 4.69) is 15.6 Å². The van der Waals surface area contributed by atoms with Gasteiger partial charge in [0.25, 0.3) is 5.91 Å². The molecule has 1 aliphatic heterocycles. The van der Waals surface area contributed by atoms with Gasteiger partial charge >= 0.3 is 6.03 Å². The van der Waals surface area contributed by atoms with Gasteiger partial charge in [-0.15, -0.1) is 11.3 Å². The highest BCUT2D eigenvalue weighted by atomic mass is 32.1. The lowest BCUT2D eigenvalue weighted by Gasteiger charge is -2.15. The van der Waals surface area contributed by atoms with Gasteiger partial charge in [-0.3, -0.25) is 14.5 Å². The normalized spacial score (nSPS) is 16.8. The van der Waals surface area contributed by atoms with E-state index >= 15 is 0 Å². The molecule has 0 atom stereocenters. The number of thiazole rings is 1. The van der Waals surface area contributed by atoms with Crippen molar-refractivity contribution in [2.75, 3.05) is 11.9 Å². The standard InChI is InChI=1S/C15H22N4O3S/c1-9(2)10-8-23-13(16-10)17-11(20)6-5-7-19-12(21)15(3,4)18-14(19)22/h8-9H,5-7H2,1-4H3,(H,18,22)(H,16,17,20). The number of carbonyl (C=O) groups excluding carboxylic acids is 3. The minimum atomic E-state index is -0.868. The van der Waals surface area contributed by atoms with Gasteiger partial charge in [0.05, 0.1) is 5.69 Å². The Labute approximate surface area is 139 Å². The molecule has 2 N–H and O–H groups in total. The van der Waals surface area contributed by atoms with Gasteiger partial charge in [-0.25, -0.2) is 9.78 Å². The van der Waals surface area contributed by atoms with Crippen molar-refractivity contribution in [1.82, 2.24) is 15.2 Å². The third kappa shape index (κ3) is 4.07. The number of nitrogens with zero attached hydrogens (tertiary/aromatic N) is 2. The van der Waals surface area contributed by atoms with Crippen molar-refractivity contribution >= 4 is 34.3 Å². The van der Waals surface area contributed by atoms with Gasteiger partial charge in [0.15, 0.2) is 5.13 Å². The minimum absolute atomic E-state index is 0.166. The molecule has 23 heavy (non-hydrogen) atoms. The van der Waals surface area contributed by atoms with Gasteiger partial charge in [0.1, 0.15) is 5.54 Å². The second kappa shape index (κ2) is 6.66. The number of hydrogen-bond acceptors (Lipinski definition) is 5. The number of anilines is 1. The first-order valence-corrected chi connectivity index (χ1v) is 8.48. The number of rotatable bonds is 6. The zero-order chi connectivity index (χ0) is 17.2. The fraction of sp³-hybridized carbons (Fsp3) is 0.600. The summed E-state index contributed by atoms with van der Waals surface area (Å²) in [7, 11) is 0. The molecule has 8 heteroatoms.